The highest BCUT2D eigenvalue weighted by Gasteiger charge is 2.38. The van der Waals surface area contributed by atoms with Crippen molar-refractivity contribution in [2.45, 2.75) is 72.1 Å². The average Bonchev–Trinajstić information content (AvgIpc) is 3.28. The molecule has 0 spiro atoms. The number of nitrogens with two attached hydrogens (primary N) is 1. The SMILES string of the molecule is CCOC(=O)[C@H](C)NP(=O)(OC[C@@H]1O[C@H](n2cc(F)c(N)nc2=O)CS1)N(CCC(C)C)CCC(C)C. The molecule has 4 atom stereocenters. The molecule has 0 aliphatic carbocycles. The Bertz CT molecular complexity index is 985. The molecule has 0 amide bonds. The number of aromatic nitrogens is 2. The van der Waals surface area contributed by atoms with Crippen LogP contribution in [0.25, 0.3) is 0 Å². The normalized spacial score (nSPS) is 20.5. The van der Waals surface area contributed by atoms with Crippen LogP contribution in [0.2, 0.25) is 0 Å². The maximum Gasteiger partial charge on any atom is 0.351 e. The van der Waals surface area contributed by atoms with E-state index in [1.54, 1.807) is 18.5 Å². The van der Waals surface area contributed by atoms with Crippen molar-refractivity contribution in [2.24, 2.45) is 11.8 Å². The van der Waals surface area contributed by atoms with Crippen LogP contribution in [0.4, 0.5) is 10.2 Å². The fraction of sp³-hybridized carbons (Fsp3) is 0.783. The lowest BCUT2D eigenvalue weighted by Gasteiger charge is -2.34. The molecule has 1 saturated heterocycles. The van der Waals surface area contributed by atoms with Gasteiger partial charge >= 0.3 is 19.3 Å². The van der Waals surface area contributed by atoms with Gasteiger partial charge < -0.3 is 19.7 Å². The molecule has 1 aromatic rings. The van der Waals surface area contributed by atoms with E-state index >= 15 is 0 Å². The van der Waals surface area contributed by atoms with Crippen molar-refractivity contribution in [2.75, 3.05) is 37.8 Å². The maximum atomic E-state index is 14.3. The van der Waals surface area contributed by atoms with Crippen molar-refractivity contribution in [3.05, 3.63) is 22.5 Å². The Labute approximate surface area is 222 Å². The van der Waals surface area contributed by atoms with E-state index in [0.29, 0.717) is 30.7 Å². The number of nitrogen functional groups attached to an aromatic ring is 1. The molecule has 2 rings (SSSR count). The molecule has 0 radical (unpaired) electrons. The molecule has 1 aliphatic heterocycles. The lowest BCUT2D eigenvalue weighted by Crippen LogP contribution is -2.40. The fourth-order valence-corrected chi connectivity index (χ4v) is 6.64. The van der Waals surface area contributed by atoms with Gasteiger partial charge in [-0.25, -0.2) is 18.9 Å². The van der Waals surface area contributed by atoms with Gasteiger partial charge in [0.15, 0.2) is 11.6 Å². The minimum absolute atomic E-state index is 0.0829. The van der Waals surface area contributed by atoms with Crippen molar-refractivity contribution >= 4 is 31.2 Å². The fourth-order valence-electron chi connectivity index (χ4n) is 3.46. The summed E-state index contributed by atoms with van der Waals surface area (Å²) in [5, 5.41) is 2.91. The zero-order chi connectivity index (χ0) is 27.8. The summed E-state index contributed by atoms with van der Waals surface area (Å²) in [7, 11) is -3.71. The summed E-state index contributed by atoms with van der Waals surface area (Å²) in [5.41, 5.74) is 4.06. The number of rotatable bonds is 15. The van der Waals surface area contributed by atoms with E-state index in [1.165, 1.54) is 11.8 Å². The lowest BCUT2D eigenvalue weighted by molar-refractivity contribution is -0.144. The molecular formula is C23H41FN5O6PS. The van der Waals surface area contributed by atoms with E-state index in [0.717, 1.165) is 23.6 Å². The van der Waals surface area contributed by atoms with Crippen molar-refractivity contribution < 1.29 is 27.7 Å². The number of halogens is 1. The second-order valence-electron chi connectivity index (χ2n) is 9.76. The number of ether oxygens (including phenoxy) is 2. The van der Waals surface area contributed by atoms with E-state index in [1.807, 2.05) is 0 Å². The third-order valence-electron chi connectivity index (χ3n) is 5.66. The number of nitrogens with zero attached hydrogens (tertiary/aromatic N) is 3. The summed E-state index contributed by atoms with van der Waals surface area (Å²) in [5.74, 6) is -0.737. The Balaban J connectivity index is 2.19. The Hall–Kier alpha value is -1.50. The van der Waals surface area contributed by atoms with E-state index < -0.39 is 48.7 Å². The van der Waals surface area contributed by atoms with E-state index in [-0.39, 0.29) is 13.2 Å². The summed E-state index contributed by atoms with van der Waals surface area (Å²) >= 11 is 1.34. The molecule has 0 saturated carbocycles. The first kappa shape index (κ1) is 31.7. The highest BCUT2D eigenvalue weighted by Crippen LogP contribution is 2.49. The average molecular weight is 566 g/mol. The third kappa shape index (κ3) is 9.63. The summed E-state index contributed by atoms with van der Waals surface area (Å²) in [6.07, 6.45) is 1.76. The molecule has 3 N–H and O–H groups in total. The number of carbonyl (C=O) groups is 1. The first-order valence-corrected chi connectivity index (χ1v) is 15.2. The Kier molecular flexibility index (Phi) is 12.5. The lowest BCUT2D eigenvalue weighted by atomic mass is 10.1. The van der Waals surface area contributed by atoms with Gasteiger partial charge in [-0.15, -0.1) is 11.8 Å². The maximum absolute atomic E-state index is 14.3. The molecule has 1 aromatic heterocycles. The van der Waals surface area contributed by atoms with Gasteiger partial charge in [-0.3, -0.25) is 13.9 Å². The largest absolute Gasteiger partial charge is 0.465 e. The van der Waals surface area contributed by atoms with Crippen molar-refractivity contribution in [3.63, 3.8) is 0 Å². The van der Waals surface area contributed by atoms with E-state index in [9.17, 15) is 18.5 Å². The Morgan fingerprint density at radius 2 is 1.95 bits per heavy atom. The summed E-state index contributed by atoms with van der Waals surface area (Å²) < 4.78 is 48.0. The summed E-state index contributed by atoms with van der Waals surface area (Å²) in [6.45, 7) is 12.8. The number of esters is 1. The summed E-state index contributed by atoms with van der Waals surface area (Å²) in [4.78, 5) is 28.0. The Morgan fingerprint density at radius 3 is 2.51 bits per heavy atom. The zero-order valence-corrected chi connectivity index (χ0v) is 24.2. The number of anilines is 1. The highest BCUT2D eigenvalue weighted by atomic mass is 32.2. The molecular weight excluding hydrogens is 524 g/mol. The molecule has 1 unspecified atom stereocenters. The van der Waals surface area contributed by atoms with Gasteiger partial charge in [-0.2, -0.15) is 4.98 Å². The molecule has 212 valence electrons. The van der Waals surface area contributed by atoms with Gasteiger partial charge in [0.2, 0.25) is 0 Å². The monoisotopic (exact) mass is 565 g/mol. The second-order valence-corrected chi connectivity index (χ2v) is 13.1. The first-order chi connectivity index (χ1) is 17.4. The van der Waals surface area contributed by atoms with Crippen LogP contribution >= 0.6 is 19.4 Å². The number of hydrogen-bond donors (Lipinski definition) is 2. The molecule has 1 fully saturated rings. The topological polar surface area (TPSA) is 138 Å². The van der Waals surface area contributed by atoms with Crippen molar-refractivity contribution in [1.82, 2.24) is 19.3 Å². The zero-order valence-electron chi connectivity index (χ0n) is 22.5. The van der Waals surface area contributed by atoms with E-state index in [4.69, 9.17) is 19.7 Å². The van der Waals surface area contributed by atoms with Crippen LogP contribution in [0.1, 0.15) is 60.6 Å². The molecule has 14 heteroatoms. The molecule has 37 heavy (non-hydrogen) atoms. The number of nitrogens with one attached hydrogen (secondary N) is 1. The predicted octanol–water partition coefficient (Wildman–Crippen LogP) is 3.61. The van der Waals surface area contributed by atoms with Gasteiger partial charge in [0.05, 0.1) is 19.4 Å². The van der Waals surface area contributed by atoms with Crippen molar-refractivity contribution in [1.29, 1.82) is 0 Å². The van der Waals surface area contributed by atoms with Crippen LogP contribution in [0.15, 0.2) is 11.0 Å². The predicted molar refractivity (Wildman–Crippen MR) is 143 cm³/mol. The highest BCUT2D eigenvalue weighted by molar-refractivity contribution is 8.00. The van der Waals surface area contributed by atoms with Gasteiger partial charge in [-0.1, -0.05) is 27.7 Å². The molecule has 0 aromatic carbocycles. The van der Waals surface area contributed by atoms with E-state index in [2.05, 4.69) is 37.8 Å². The minimum atomic E-state index is -3.71. The molecule has 11 nitrogen and oxygen atoms in total. The minimum Gasteiger partial charge on any atom is -0.465 e. The van der Waals surface area contributed by atoms with Crippen molar-refractivity contribution in [3.8, 4) is 0 Å². The third-order valence-corrected chi connectivity index (χ3v) is 9.12. The van der Waals surface area contributed by atoms with Crippen LogP contribution in [-0.2, 0) is 23.4 Å². The van der Waals surface area contributed by atoms with Gasteiger partial charge in [0.1, 0.15) is 17.7 Å². The first-order valence-electron chi connectivity index (χ1n) is 12.6. The van der Waals surface area contributed by atoms with Crippen LogP contribution < -0.4 is 16.5 Å². The van der Waals surface area contributed by atoms with Gasteiger partial charge in [0, 0.05) is 18.8 Å². The van der Waals surface area contributed by atoms with Crippen LogP contribution in [0.3, 0.4) is 0 Å². The van der Waals surface area contributed by atoms with Crippen LogP contribution in [0, 0.1) is 17.7 Å². The number of hydrogen-bond acceptors (Lipinski definition) is 9. The van der Waals surface area contributed by atoms with Crippen LogP contribution in [-0.4, -0.2) is 63.7 Å². The number of carbonyl (C=O) groups excluding carboxylic acids is 1. The quantitative estimate of drug-likeness (QED) is 0.238. The summed E-state index contributed by atoms with van der Waals surface area (Å²) in [6, 6.07) is -0.862. The Morgan fingerprint density at radius 1 is 1.32 bits per heavy atom. The van der Waals surface area contributed by atoms with Crippen LogP contribution in [0.5, 0.6) is 0 Å². The molecule has 1 aliphatic rings. The molecule has 0 bridgehead atoms. The molecule has 2 heterocycles. The van der Waals surface area contributed by atoms with Gasteiger partial charge in [-0.05, 0) is 38.5 Å². The second kappa shape index (κ2) is 14.6. The number of thioether (sulfide) groups is 1. The van der Waals surface area contributed by atoms with Gasteiger partial charge in [0.25, 0.3) is 0 Å². The standard InChI is InChI=1S/C23H41FN5O6PS/c1-7-33-22(30)17(6)27-36(32,28(10-8-15(2)3)11-9-16(4)5)34-13-20-35-19(14-37-20)29-12-18(24)21(25)26-23(29)31/h12,15-17,19-20H,7-11,13-14H2,1-6H3,(H,27,32)(H2,25,26,31)/t17-,19-,20+,36?/m0/s1. The smallest absolute Gasteiger partial charge is 0.351 e.